The molecule has 5 nitrogen and oxygen atoms in total. The second kappa shape index (κ2) is 5.53. The minimum Gasteiger partial charge on any atom is -0.472 e. The summed E-state index contributed by atoms with van der Waals surface area (Å²) in [4.78, 5) is 24.0. The summed E-state index contributed by atoms with van der Waals surface area (Å²) in [5.74, 6) is 0.827. The molecule has 0 fully saturated rings. The average Bonchev–Trinajstić information content (AvgIpc) is 3.25. The van der Waals surface area contributed by atoms with Gasteiger partial charge in [-0.15, -0.1) is 0 Å². The van der Waals surface area contributed by atoms with Gasteiger partial charge in [-0.25, -0.2) is 4.98 Å². The van der Waals surface area contributed by atoms with Crippen LogP contribution in [0.3, 0.4) is 0 Å². The fourth-order valence-electron chi connectivity index (χ4n) is 2.52. The molecule has 0 saturated heterocycles. The smallest absolute Gasteiger partial charge is 0.170 e. The Morgan fingerprint density at radius 2 is 2.00 bits per heavy atom. The van der Waals surface area contributed by atoms with E-state index in [-0.39, 0.29) is 5.78 Å². The van der Waals surface area contributed by atoms with Crippen molar-refractivity contribution in [1.29, 1.82) is 0 Å². The van der Waals surface area contributed by atoms with Crippen LogP contribution in [-0.4, -0.2) is 20.7 Å². The predicted octanol–water partition coefficient (Wildman–Crippen LogP) is 3.64. The van der Waals surface area contributed by atoms with Crippen LogP contribution < -0.4 is 0 Å². The lowest BCUT2D eigenvalue weighted by Gasteiger charge is -1.99. The van der Waals surface area contributed by atoms with E-state index in [0.29, 0.717) is 12.0 Å². The molecule has 0 aliphatic rings. The third-order valence-corrected chi connectivity index (χ3v) is 3.71. The van der Waals surface area contributed by atoms with Gasteiger partial charge in [0.1, 0.15) is 12.1 Å². The van der Waals surface area contributed by atoms with Crippen molar-refractivity contribution in [2.75, 3.05) is 0 Å². The van der Waals surface area contributed by atoms with Crippen LogP contribution in [0, 0.1) is 0 Å². The van der Waals surface area contributed by atoms with Gasteiger partial charge in [-0.05, 0) is 35.9 Å². The third-order valence-electron chi connectivity index (χ3n) is 3.71. The summed E-state index contributed by atoms with van der Waals surface area (Å²) < 4.78 is 4.95. The molecule has 0 amide bonds. The SMILES string of the molecule is O=C(Cc1ccc2nc(-c3ccncc3)[nH]c2c1)c1ccoc1. The number of H-pyrrole nitrogens is 1. The number of nitrogens with one attached hydrogen (secondary N) is 1. The van der Waals surface area contributed by atoms with Crippen molar-refractivity contribution in [1.82, 2.24) is 15.0 Å². The molecule has 0 atom stereocenters. The fraction of sp³-hybridized carbons (Fsp3) is 0.0556. The first-order valence-electron chi connectivity index (χ1n) is 7.24. The van der Waals surface area contributed by atoms with Gasteiger partial charge in [0.25, 0.3) is 0 Å². The minimum absolute atomic E-state index is 0.0342. The number of pyridine rings is 1. The van der Waals surface area contributed by atoms with Crippen molar-refractivity contribution in [3.8, 4) is 11.4 Å². The van der Waals surface area contributed by atoms with Crippen LogP contribution in [0.25, 0.3) is 22.4 Å². The fourth-order valence-corrected chi connectivity index (χ4v) is 2.52. The summed E-state index contributed by atoms with van der Waals surface area (Å²) in [5, 5.41) is 0. The van der Waals surface area contributed by atoms with E-state index in [0.717, 1.165) is 28.0 Å². The van der Waals surface area contributed by atoms with Gasteiger partial charge in [-0.1, -0.05) is 6.07 Å². The predicted molar refractivity (Wildman–Crippen MR) is 86.1 cm³/mol. The second-order valence-electron chi connectivity index (χ2n) is 5.28. The van der Waals surface area contributed by atoms with Crippen molar-refractivity contribution >= 4 is 16.8 Å². The van der Waals surface area contributed by atoms with Crippen LogP contribution >= 0.6 is 0 Å². The van der Waals surface area contributed by atoms with E-state index in [9.17, 15) is 4.79 Å². The van der Waals surface area contributed by atoms with Gasteiger partial charge in [-0.3, -0.25) is 9.78 Å². The average molecular weight is 303 g/mol. The second-order valence-corrected chi connectivity index (χ2v) is 5.28. The largest absolute Gasteiger partial charge is 0.472 e. The molecule has 0 aliphatic carbocycles. The molecule has 1 N–H and O–H groups in total. The summed E-state index contributed by atoms with van der Waals surface area (Å²) in [5.41, 5.74) is 4.29. The highest BCUT2D eigenvalue weighted by Crippen LogP contribution is 2.21. The van der Waals surface area contributed by atoms with E-state index in [4.69, 9.17) is 4.42 Å². The Morgan fingerprint density at radius 1 is 1.13 bits per heavy atom. The molecule has 3 heterocycles. The number of rotatable bonds is 4. The molecule has 4 rings (SSSR count). The van der Waals surface area contributed by atoms with Crippen LogP contribution in [0.15, 0.2) is 65.7 Å². The van der Waals surface area contributed by atoms with Gasteiger partial charge >= 0.3 is 0 Å². The van der Waals surface area contributed by atoms with Gasteiger partial charge in [-0.2, -0.15) is 0 Å². The van der Waals surface area contributed by atoms with Crippen LogP contribution in [0.5, 0.6) is 0 Å². The van der Waals surface area contributed by atoms with E-state index < -0.39 is 0 Å². The summed E-state index contributed by atoms with van der Waals surface area (Å²) in [6, 6.07) is 11.3. The first-order chi connectivity index (χ1) is 11.3. The Kier molecular flexibility index (Phi) is 3.24. The topological polar surface area (TPSA) is 71.8 Å². The molecule has 0 unspecified atom stereocenters. The molecule has 5 heteroatoms. The zero-order chi connectivity index (χ0) is 15.6. The lowest BCUT2D eigenvalue weighted by atomic mass is 10.0. The molecule has 0 aliphatic heterocycles. The van der Waals surface area contributed by atoms with Gasteiger partial charge in [0.05, 0.1) is 22.9 Å². The number of ketones is 1. The molecule has 112 valence electrons. The number of imidazole rings is 1. The van der Waals surface area contributed by atoms with E-state index >= 15 is 0 Å². The zero-order valence-corrected chi connectivity index (χ0v) is 12.2. The highest BCUT2D eigenvalue weighted by Gasteiger charge is 2.10. The van der Waals surface area contributed by atoms with Gasteiger partial charge in [0.2, 0.25) is 0 Å². The Hall–Kier alpha value is -3.21. The summed E-state index contributed by atoms with van der Waals surface area (Å²) in [6.07, 6.45) is 6.78. The number of benzene rings is 1. The normalized spacial score (nSPS) is 11.0. The summed E-state index contributed by atoms with van der Waals surface area (Å²) >= 11 is 0. The molecule has 1 aromatic carbocycles. The number of aromatic amines is 1. The van der Waals surface area contributed by atoms with E-state index in [2.05, 4.69) is 15.0 Å². The molecular formula is C18H13N3O2. The number of hydrogen-bond acceptors (Lipinski definition) is 4. The van der Waals surface area contributed by atoms with Crippen LogP contribution in [0.4, 0.5) is 0 Å². The molecule has 0 spiro atoms. The van der Waals surface area contributed by atoms with E-state index in [1.54, 1.807) is 18.5 Å². The highest BCUT2D eigenvalue weighted by molar-refractivity contribution is 5.97. The highest BCUT2D eigenvalue weighted by atomic mass is 16.3. The number of Topliss-reactive ketones (excluding diaryl/α,β-unsaturated/α-hetero) is 1. The lowest BCUT2D eigenvalue weighted by Crippen LogP contribution is -2.01. The maximum absolute atomic E-state index is 12.1. The summed E-state index contributed by atoms with van der Waals surface area (Å²) in [7, 11) is 0. The van der Waals surface area contributed by atoms with Crippen molar-refractivity contribution in [2.45, 2.75) is 6.42 Å². The first kappa shape index (κ1) is 13.5. The van der Waals surface area contributed by atoms with E-state index in [1.165, 1.54) is 12.5 Å². The van der Waals surface area contributed by atoms with Crippen molar-refractivity contribution in [2.24, 2.45) is 0 Å². The molecule has 4 aromatic rings. The number of carbonyl (C=O) groups excluding carboxylic acids is 1. The van der Waals surface area contributed by atoms with Crippen LogP contribution in [-0.2, 0) is 6.42 Å². The van der Waals surface area contributed by atoms with Crippen molar-refractivity contribution < 1.29 is 9.21 Å². The van der Waals surface area contributed by atoms with Crippen LogP contribution in [0.1, 0.15) is 15.9 Å². The number of carbonyl (C=O) groups is 1. The maximum Gasteiger partial charge on any atom is 0.170 e. The van der Waals surface area contributed by atoms with E-state index in [1.807, 2.05) is 30.3 Å². The van der Waals surface area contributed by atoms with Crippen molar-refractivity contribution in [3.05, 3.63) is 72.4 Å². The Bertz CT molecular complexity index is 957. The third kappa shape index (κ3) is 2.64. The maximum atomic E-state index is 12.1. The lowest BCUT2D eigenvalue weighted by molar-refractivity contribution is 0.0992. The molecular weight excluding hydrogens is 290 g/mol. The molecule has 23 heavy (non-hydrogen) atoms. The number of fused-ring (bicyclic) bond motifs is 1. The molecule has 3 aromatic heterocycles. The number of aromatic nitrogens is 3. The zero-order valence-electron chi connectivity index (χ0n) is 12.2. The summed E-state index contributed by atoms with van der Waals surface area (Å²) in [6.45, 7) is 0. The molecule has 0 radical (unpaired) electrons. The molecule has 0 bridgehead atoms. The minimum atomic E-state index is 0.0342. The standard InChI is InChI=1S/C18H13N3O2/c22-17(14-5-8-23-11-14)10-12-1-2-15-16(9-12)21-18(20-15)13-3-6-19-7-4-13/h1-9,11H,10H2,(H,20,21). The van der Waals surface area contributed by atoms with Gasteiger partial charge in [0, 0.05) is 24.4 Å². The van der Waals surface area contributed by atoms with Crippen LogP contribution in [0.2, 0.25) is 0 Å². The monoisotopic (exact) mass is 303 g/mol. The number of furan rings is 1. The molecule has 0 saturated carbocycles. The Labute approximate surface area is 132 Å². The van der Waals surface area contributed by atoms with Gasteiger partial charge in [0.15, 0.2) is 5.78 Å². The van der Waals surface area contributed by atoms with Crippen molar-refractivity contribution in [3.63, 3.8) is 0 Å². The first-order valence-corrected chi connectivity index (χ1v) is 7.24. The van der Waals surface area contributed by atoms with Gasteiger partial charge < -0.3 is 9.40 Å². The Balaban J connectivity index is 1.64. The Morgan fingerprint density at radius 3 is 2.78 bits per heavy atom. The quantitative estimate of drug-likeness (QED) is 0.584. The number of hydrogen-bond donors (Lipinski definition) is 1. The number of nitrogens with zero attached hydrogens (tertiary/aromatic N) is 2.